The molecule has 0 spiro atoms. The number of rotatable bonds is 5. The van der Waals surface area contributed by atoms with Crippen molar-refractivity contribution in [3.8, 4) is 0 Å². The number of hydrogen-bond acceptors (Lipinski definition) is 2. The van der Waals surface area contributed by atoms with E-state index in [-0.39, 0.29) is 24.2 Å². The number of nitrogens with one attached hydrogen (secondary N) is 1. The Hall–Kier alpha value is -1.26. The molecular formula is C17H22Cl2N2O2. The van der Waals surface area contributed by atoms with E-state index in [0.29, 0.717) is 10.0 Å². The van der Waals surface area contributed by atoms with Gasteiger partial charge in [0.2, 0.25) is 11.8 Å². The third-order valence-electron chi connectivity index (χ3n) is 4.02. The Balaban J connectivity index is 1.99. The van der Waals surface area contributed by atoms with Crippen molar-refractivity contribution in [1.29, 1.82) is 0 Å². The molecule has 0 aromatic heterocycles. The molecule has 0 aliphatic carbocycles. The number of nitrogens with zero attached hydrogens (tertiary/aromatic N) is 1. The van der Waals surface area contributed by atoms with Gasteiger partial charge in [-0.15, -0.1) is 0 Å². The van der Waals surface area contributed by atoms with Crippen molar-refractivity contribution in [2.45, 2.75) is 39.2 Å². The Kier molecular flexibility index (Phi) is 6.31. The minimum absolute atomic E-state index is 0.0139. The zero-order valence-corrected chi connectivity index (χ0v) is 15.0. The quantitative estimate of drug-likeness (QED) is 0.879. The monoisotopic (exact) mass is 356 g/mol. The molecule has 1 saturated heterocycles. The van der Waals surface area contributed by atoms with Gasteiger partial charge >= 0.3 is 0 Å². The van der Waals surface area contributed by atoms with Gasteiger partial charge in [0, 0.05) is 13.1 Å². The summed E-state index contributed by atoms with van der Waals surface area (Å²) in [7, 11) is 0. The first-order chi connectivity index (χ1) is 10.9. The van der Waals surface area contributed by atoms with Gasteiger partial charge in [0.25, 0.3) is 0 Å². The summed E-state index contributed by atoms with van der Waals surface area (Å²) in [6, 6.07) is 4.63. The molecule has 0 radical (unpaired) electrons. The molecule has 1 heterocycles. The van der Waals surface area contributed by atoms with E-state index in [9.17, 15) is 9.59 Å². The highest BCUT2D eigenvalue weighted by atomic mass is 35.5. The molecule has 1 N–H and O–H groups in total. The van der Waals surface area contributed by atoms with Gasteiger partial charge < -0.3 is 10.2 Å². The van der Waals surface area contributed by atoms with E-state index in [1.165, 1.54) is 0 Å². The SMILES string of the molecule is CC(C)C(NC(=O)Cc1ccc(Cl)c(Cl)c1)C(=O)N1CCCC1. The third-order valence-corrected chi connectivity index (χ3v) is 4.75. The summed E-state index contributed by atoms with van der Waals surface area (Å²) in [6.07, 6.45) is 2.24. The Morgan fingerprint density at radius 1 is 1.17 bits per heavy atom. The van der Waals surface area contributed by atoms with Crippen molar-refractivity contribution in [3.63, 3.8) is 0 Å². The topological polar surface area (TPSA) is 49.4 Å². The summed E-state index contributed by atoms with van der Waals surface area (Å²) in [5.41, 5.74) is 0.771. The van der Waals surface area contributed by atoms with Crippen LogP contribution < -0.4 is 5.32 Å². The van der Waals surface area contributed by atoms with Gasteiger partial charge in [-0.05, 0) is 36.5 Å². The summed E-state index contributed by atoms with van der Waals surface area (Å²) in [5.74, 6) is -0.129. The first kappa shape index (κ1) is 18.1. The van der Waals surface area contributed by atoms with E-state index in [0.717, 1.165) is 31.5 Å². The second-order valence-electron chi connectivity index (χ2n) is 6.25. The summed E-state index contributed by atoms with van der Waals surface area (Å²) < 4.78 is 0. The predicted octanol–water partition coefficient (Wildman–Crippen LogP) is 3.30. The molecule has 4 nitrogen and oxygen atoms in total. The number of carbonyl (C=O) groups is 2. The van der Waals surface area contributed by atoms with E-state index >= 15 is 0 Å². The smallest absolute Gasteiger partial charge is 0.245 e. The lowest BCUT2D eigenvalue weighted by Crippen LogP contribution is -2.50. The Labute approximate surface area is 147 Å². The predicted molar refractivity (Wildman–Crippen MR) is 92.7 cm³/mol. The molecule has 1 aliphatic heterocycles. The van der Waals surface area contributed by atoms with Crippen LogP contribution in [0.2, 0.25) is 10.0 Å². The molecule has 0 saturated carbocycles. The zero-order chi connectivity index (χ0) is 17.0. The van der Waals surface area contributed by atoms with E-state index in [4.69, 9.17) is 23.2 Å². The van der Waals surface area contributed by atoms with Crippen LogP contribution in [0.1, 0.15) is 32.3 Å². The maximum atomic E-state index is 12.5. The van der Waals surface area contributed by atoms with E-state index in [1.54, 1.807) is 18.2 Å². The summed E-state index contributed by atoms with van der Waals surface area (Å²) in [6.45, 7) is 5.45. The number of benzene rings is 1. The van der Waals surface area contributed by atoms with Crippen LogP contribution in [-0.2, 0) is 16.0 Å². The lowest BCUT2D eigenvalue weighted by Gasteiger charge is -2.26. The van der Waals surface area contributed by atoms with Crippen LogP contribution in [-0.4, -0.2) is 35.8 Å². The molecule has 2 rings (SSSR count). The molecular weight excluding hydrogens is 335 g/mol. The van der Waals surface area contributed by atoms with Gasteiger partial charge in [-0.3, -0.25) is 9.59 Å². The van der Waals surface area contributed by atoms with Crippen LogP contribution in [0.4, 0.5) is 0 Å². The first-order valence-electron chi connectivity index (χ1n) is 7.90. The molecule has 1 aromatic rings. The van der Waals surface area contributed by atoms with Crippen molar-refractivity contribution < 1.29 is 9.59 Å². The molecule has 6 heteroatoms. The van der Waals surface area contributed by atoms with Crippen molar-refractivity contribution >= 4 is 35.0 Å². The standard InChI is InChI=1S/C17H22Cl2N2O2/c1-11(2)16(17(23)21-7-3-4-8-21)20-15(22)10-12-5-6-13(18)14(19)9-12/h5-6,9,11,16H,3-4,7-8,10H2,1-2H3,(H,20,22). The molecule has 126 valence electrons. The fourth-order valence-corrected chi connectivity index (χ4v) is 3.03. The first-order valence-corrected chi connectivity index (χ1v) is 8.66. The fourth-order valence-electron chi connectivity index (χ4n) is 2.71. The number of carbonyl (C=O) groups excluding carboxylic acids is 2. The van der Waals surface area contributed by atoms with Crippen LogP contribution in [0.25, 0.3) is 0 Å². The summed E-state index contributed by atoms with van der Waals surface area (Å²) in [5, 5.41) is 3.75. The molecule has 23 heavy (non-hydrogen) atoms. The van der Waals surface area contributed by atoms with Crippen LogP contribution in [0, 0.1) is 5.92 Å². The lowest BCUT2D eigenvalue weighted by molar-refractivity contribution is -0.136. The Morgan fingerprint density at radius 3 is 2.39 bits per heavy atom. The highest BCUT2D eigenvalue weighted by Crippen LogP contribution is 2.23. The molecule has 1 fully saturated rings. The van der Waals surface area contributed by atoms with E-state index in [2.05, 4.69) is 5.32 Å². The molecule has 2 amide bonds. The molecule has 0 bridgehead atoms. The van der Waals surface area contributed by atoms with Crippen LogP contribution in [0.5, 0.6) is 0 Å². The minimum Gasteiger partial charge on any atom is -0.344 e. The van der Waals surface area contributed by atoms with E-state index in [1.807, 2.05) is 18.7 Å². The average molecular weight is 357 g/mol. The molecule has 1 aliphatic rings. The average Bonchev–Trinajstić information content (AvgIpc) is 3.02. The molecule has 1 atom stereocenters. The zero-order valence-electron chi connectivity index (χ0n) is 13.4. The highest BCUT2D eigenvalue weighted by molar-refractivity contribution is 6.42. The second-order valence-corrected chi connectivity index (χ2v) is 7.06. The van der Waals surface area contributed by atoms with Crippen molar-refractivity contribution in [2.24, 2.45) is 5.92 Å². The second kappa shape index (κ2) is 8.02. The van der Waals surface area contributed by atoms with Gasteiger partial charge in [0.1, 0.15) is 6.04 Å². The third kappa shape index (κ3) is 4.85. The molecule has 1 aromatic carbocycles. The maximum absolute atomic E-state index is 12.5. The van der Waals surface area contributed by atoms with Crippen LogP contribution in [0.3, 0.4) is 0 Å². The van der Waals surface area contributed by atoms with E-state index < -0.39 is 6.04 Å². The summed E-state index contributed by atoms with van der Waals surface area (Å²) in [4.78, 5) is 26.7. The van der Waals surface area contributed by atoms with Crippen LogP contribution >= 0.6 is 23.2 Å². The number of likely N-dealkylation sites (tertiary alicyclic amines) is 1. The largest absolute Gasteiger partial charge is 0.344 e. The van der Waals surface area contributed by atoms with Gasteiger partial charge in [-0.25, -0.2) is 0 Å². The van der Waals surface area contributed by atoms with Gasteiger partial charge in [-0.2, -0.15) is 0 Å². The maximum Gasteiger partial charge on any atom is 0.245 e. The lowest BCUT2D eigenvalue weighted by atomic mass is 10.0. The fraction of sp³-hybridized carbons (Fsp3) is 0.529. The van der Waals surface area contributed by atoms with Crippen molar-refractivity contribution in [2.75, 3.05) is 13.1 Å². The normalized spacial score (nSPS) is 15.8. The molecule has 1 unspecified atom stereocenters. The number of hydrogen-bond donors (Lipinski definition) is 1. The highest BCUT2D eigenvalue weighted by Gasteiger charge is 2.29. The Bertz CT molecular complexity index is 584. The van der Waals surface area contributed by atoms with Gasteiger partial charge in [-0.1, -0.05) is 43.1 Å². The summed E-state index contributed by atoms with van der Waals surface area (Å²) >= 11 is 11.8. The van der Waals surface area contributed by atoms with Crippen LogP contribution in [0.15, 0.2) is 18.2 Å². The van der Waals surface area contributed by atoms with Crippen molar-refractivity contribution in [1.82, 2.24) is 10.2 Å². The Morgan fingerprint density at radius 2 is 1.83 bits per heavy atom. The van der Waals surface area contributed by atoms with Gasteiger partial charge in [0.05, 0.1) is 16.5 Å². The van der Waals surface area contributed by atoms with Gasteiger partial charge in [0.15, 0.2) is 0 Å². The van der Waals surface area contributed by atoms with Crippen molar-refractivity contribution in [3.05, 3.63) is 33.8 Å². The minimum atomic E-state index is -0.483. The number of halogens is 2. The number of amides is 2.